The third kappa shape index (κ3) is 4.26. The molecule has 1 N–H and O–H groups in total. The van der Waals surface area contributed by atoms with E-state index in [1.165, 1.54) is 0 Å². The van der Waals surface area contributed by atoms with Crippen LogP contribution in [0.4, 0.5) is 10.5 Å². The summed E-state index contributed by atoms with van der Waals surface area (Å²) in [4.78, 5) is 30.5. The van der Waals surface area contributed by atoms with Gasteiger partial charge < -0.3 is 15.0 Å². The van der Waals surface area contributed by atoms with Gasteiger partial charge in [-0.15, -0.1) is 0 Å². The Bertz CT molecular complexity index is 798. The van der Waals surface area contributed by atoms with E-state index in [-0.39, 0.29) is 17.9 Å². The number of nitrogens with one attached hydrogen (secondary N) is 1. The zero-order valence-corrected chi connectivity index (χ0v) is 14.8. The highest BCUT2D eigenvalue weighted by molar-refractivity contribution is 5.95. The molecule has 0 radical (unpaired) electrons. The molecule has 1 fully saturated rings. The average Bonchev–Trinajstić information content (AvgIpc) is 3.03. The highest BCUT2D eigenvalue weighted by Crippen LogP contribution is 2.22. The molecule has 132 valence electrons. The van der Waals surface area contributed by atoms with E-state index < -0.39 is 5.60 Å². The van der Waals surface area contributed by atoms with Crippen LogP contribution >= 0.6 is 0 Å². The smallest absolute Gasteiger partial charge is 0.410 e. The van der Waals surface area contributed by atoms with Gasteiger partial charge >= 0.3 is 6.09 Å². The van der Waals surface area contributed by atoms with E-state index >= 15 is 0 Å². The fourth-order valence-corrected chi connectivity index (χ4v) is 2.85. The Balaban J connectivity index is 1.61. The van der Waals surface area contributed by atoms with E-state index in [9.17, 15) is 9.59 Å². The molecule has 1 aromatic heterocycles. The molecule has 6 heteroatoms. The molecular formula is C19H23N3O3. The molecule has 6 nitrogen and oxygen atoms in total. The quantitative estimate of drug-likeness (QED) is 0.908. The summed E-state index contributed by atoms with van der Waals surface area (Å²) < 4.78 is 5.36. The lowest BCUT2D eigenvalue weighted by Gasteiger charge is -2.24. The summed E-state index contributed by atoms with van der Waals surface area (Å²) >= 11 is 0. The summed E-state index contributed by atoms with van der Waals surface area (Å²) in [5, 5.41) is 3.88. The lowest BCUT2D eigenvalue weighted by atomic mass is 10.1. The minimum atomic E-state index is -0.534. The molecular weight excluding hydrogens is 318 g/mol. The monoisotopic (exact) mass is 341 g/mol. The highest BCUT2D eigenvalue weighted by atomic mass is 16.6. The lowest BCUT2D eigenvalue weighted by Crippen LogP contribution is -2.36. The molecule has 0 spiro atoms. The Morgan fingerprint density at radius 2 is 2.04 bits per heavy atom. The van der Waals surface area contributed by atoms with Crippen molar-refractivity contribution in [3.63, 3.8) is 0 Å². The van der Waals surface area contributed by atoms with Gasteiger partial charge in [-0.25, -0.2) is 4.79 Å². The van der Waals surface area contributed by atoms with Crippen molar-refractivity contribution in [2.24, 2.45) is 5.92 Å². The van der Waals surface area contributed by atoms with Crippen LogP contribution in [0.2, 0.25) is 0 Å². The number of likely N-dealkylation sites (tertiary alicyclic amines) is 1. The zero-order chi connectivity index (χ0) is 18.0. The normalized spacial score (nSPS) is 17.6. The predicted molar refractivity (Wildman–Crippen MR) is 96.3 cm³/mol. The minimum absolute atomic E-state index is 0.0943. The topological polar surface area (TPSA) is 71.5 Å². The first-order valence-corrected chi connectivity index (χ1v) is 8.45. The molecule has 1 aromatic carbocycles. The van der Waals surface area contributed by atoms with Gasteiger partial charge in [0.1, 0.15) is 5.60 Å². The Morgan fingerprint density at radius 1 is 1.28 bits per heavy atom. The van der Waals surface area contributed by atoms with Crippen LogP contribution in [0.3, 0.4) is 0 Å². The highest BCUT2D eigenvalue weighted by Gasteiger charge is 2.33. The number of amides is 2. The molecule has 0 aliphatic carbocycles. The van der Waals surface area contributed by atoms with Crippen molar-refractivity contribution in [3.8, 4) is 0 Å². The summed E-state index contributed by atoms with van der Waals surface area (Å²) in [5.74, 6) is -0.331. The molecule has 1 saturated heterocycles. The molecule has 1 aliphatic heterocycles. The number of aromatic nitrogens is 1. The van der Waals surface area contributed by atoms with E-state index in [0.717, 1.165) is 10.9 Å². The Labute approximate surface area is 147 Å². The molecule has 25 heavy (non-hydrogen) atoms. The largest absolute Gasteiger partial charge is 0.444 e. The second-order valence-corrected chi connectivity index (χ2v) is 7.32. The van der Waals surface area contributed by atoms with E-state index in [4.69, 9.17) is 4.74 Å². The van der Waals surface area contributed by atoms with Crippen molar-refractivity contribution >= 4 is 28.6 Å². The molecule has 0 bridgehead atoms. The number of carbonyl (C=O) groups is 2. The molecule has 2 aromatic rings. The second-order valence-electron chi connectivity index (χ2n) is 7.32. The van der Waals surface area contributed by atoms with Gasteiger partial charge in [0.15, 0.2) is 0 Å². The third-order valence-electron chi connectivity index (χ3n) is 4.07. The van der Waals surface area contributed by atoms with Crippen molar-refractivity contribution in [1.29, 1.82) is 0 Å². The van der Waals surface area contributed by atoms with Crippen LogP contribution in [0.1, 0.15) is 27.2 Å². The van der Waals surface area contributed by atoms with E-state index in [2.05, 4.69) is 10.3 Å². The number of nitrogens with zero attached hydrogens (tertiary/aromatic N) is 2. The number of carbonyl (C=O) groups excluding carboxylic acids is 2. The van der Waals surface area contributed by atoms with Crippen molar-refractivity contribution in [3.05, 3.63) is 36.5 Å². The van der Waals surface area contributed by atoms with Gasteiger partial charge in [0.25, 0.3) is 0 Å². The lowest BCUT2D eigenvalue weighted by molar-refractivity contribution is -0.119. The number of anilines is 1. The fraction of sp³-hybridized carbons (Fsp3) is 0.421. The fourth-order valence-electron chi connectivity index (χ4n) is 2.85. The van der Waals surface area contributed by atoms with Crippen LogP contribution in [-0.2, 0) is 9.53 Å². The summed E-state index contributed by atoms with van der Waals surface area (Å²) in [7, 11) is 0. The van der Waals surface area contributed by atoms with Gasteiger partial charge in [-0.2, -0.15) is 0 Å². The van der Waals surface area contributed by atoms with Gasteiger partial charge in [-0.1, -0.05) is 18.2 Å². The van der Waals surface area contributed by atoms with Crippen LogP contribution in [0.5, 0.6) is 0 Å². The summed E-state index contributed by atoms with van der Waals surface area (Å²) in [5.41, 5.74) is 1.02. The summed E-state index contributed by atoms with van der Waals surface area (Å²) in [6.45, 7) is 6.40. The number of ether oxygens (including phenoxy) is 1. The van der Waals surface area contributed by atoms with Crippen LogP contribution in [-0.4, -0.2) is 40.6 Å². The Hall–Kier alpha value is -2.63. The number of pyridine rings is 1. The van der Waals surface area contributed by atoms with E-state index in [1.54, 1.807) is 11.1 Å². The second kappa shape index (κ2) is 6.70. The first kappa shape index (κ1) is 17.2. The maximum absolute atomic E-state index is 12.5. The Morgan fingerprint density at radius 3 is 2.80 bits per heavy atom. The average molecular weight is 341 g/mol. The van der Waals surface area contributed by atoms with Crippen molar-refractivity contribution in [1.82, 2.24) is 9.88 Å². The number of hydrogen-bond acceptors (Lipinski definition) is 4. The zero-order valence-electron chi connectivity index (χ0n) is 14.8. The first-order valence-electron chi connectivity index (χ1n) is 8.45. The van der Waals surface area contributed by atoms with Gasteiger partial charge in [-0.3, -0.25) is 9.78 Å². The molecule has 0 saturated carbocycles. The number of hydrogen-bond donors (Lipinski definition) is 1. The first-order chi connectivity index (χ1) is 11.8. The Kier molecular flexibility index (Phi) is 4.61. The van der Waals surface area contributed by atoms with Crippen LogP contribution < -0.4 is 5.32 Å². The number of rotatable bonds is 2. The molecule has 2 amide bonds. The van der Waals surface area contributed by atoms with Crippen LogP contribution in [0.15, 0.2) is 36.5 Å². The van der Waals surface area contributed by atoms with E-state index in [0.29, 0.717) is 25.2 Å². The van der Waals surface area contributed by atoms with Crippen LogP contribution in [0.25, 0.3) is 10.9 Å². The van der Waals surface area contributed by atoms with Crippen molar-refractivity contribution in [2.75, 3.05) is 18.4 Å². The van der Waals surface area contributed by atoms with Gasteiger partial charge in [0.2, 0.25) is 5.91 Å². The van der Waals surface area contributed by atoms with Gasteiger partial charge in [-0.05, 0) is 39.3 Å². The van der Waals surface area contributed by atoms with Gasteiger partial charge in [0, 0.05) is 18.5 Å². The molecule has 1 aliphatic rings. The van der Waals surface area contributed by atoms with Crippen molar-refractivity contribution in [2.45, 2.75) is 32.8 Å². The molecule has 1 atom stereocenters. The van der Waals surface area contributed by atoms with E-state index in [1.807, 2.05) is 51.1 Å². The summed E-state index contributed by atoms with van der Waals surface area (Å²) in [6.07, 6.45) is 1.92. The number of fused-ring (bicyclic) bond motifs is 1. The molecule has 2 heterocycles. The van der Waals surface area contributed by atoms with Gasteiger partial charge in [0.05, 0.1) is 23.3 Å². The van der Waals surface area contributed by atoms with Crippen molar-refractivity contribution < 1.29 is 14.3 Å². The molecule has 0 unspecified atom stereocenters. The maximum atomic E-state index is 12.5. The number of benzene rings is 1. The summed E-state index contributed by atoms with van der Waals surface area (Å²) in [6, 6.07) is 9.65. The third-order valence-corrected chi connectivity index (χ3v) is 4.07. The predicted octanol–water partition coefficient (Wildman–Crippen LogP) is 3.43. The van der Waals surface area contributed by atoms with Crippen LogP contribution in [0, 0.1) is 5.92 Å². The SMILES string of the molecule is CC(C)(C)OC(=O)N1CC[C@@H](C(=O)Nc2cnc3ccccc3c2)C1. The molecule has 3 rings (SSSR count). The number of para-hydroxylation sites is 1. The minimum Gasteiger partial charge on any atom is -0.444 e. The standard InChI is InChI=1S/C19H23N3O3/c1-19(2,3)25-18(24)22-9-8-14(12-22)17(23)21-15-10-13-6-4-5-7-16(13)20-11-15/h4-7,10-11,14H,8-9,12H2,1-3H3,(H,21,23)/t14-/m1/s1. The maximum Gasteiger partial charge on any atom is 0.410 e.